The zero-order valence-corrected chi connectivity index (χ0v) is 12.4. The summed E-state index contributed by atoms with van der Waals surface area (Å²) in [6, 6.07) is 8.05. The normalized spacial score (nSPS) is 12.3. The highest BCUT2D eigenvalue weighted by atomic mass is 16.5. The molecule has 0 saturated heterocycles. The van der Waals surface area contributed by atoms with Gasteiger partial charge in [-0.1, -0.05) is 32.0 Å². The molecule has 1 rings (SSSR count). The summed E-state index contributed by atoms with van der Waals surface area (Å²) < 4.78 is 5.35. The van der Waals surface area contributed by atoms with Crippen molar-refractivity contribution >= 4 is 11.7 Å². The third-order valence-electron chi connectivity index (χ3n) is 2.93. The van der Waals surface area contributed by atoms with Crippen LogP contribution in [0.2, 0.25) is 0 Å². The molecule has 0 aliphatic heterocycles. The Labute approximate surface area is 116 Å². The number of carbonyl (C=O) groups excluding carboxylic acids is 1. The van der Waals surface area contributed by atoms with E-state index >= 15 is 0 Å². The van der Waals surface area contributed by atoms with Gasteiger partial charge in [0.25, 0.3) is 0 Å². The Bertz CT molecular complexity index is 401. The summed E-state index contributed by atoms with van der Waals surface area (Å²) in [5.41, 5.74) is 2.26. The molecule has 0 spiro atoms. The second-order valence-electron chi connectivity index (χ2n) is 5.42. The number of rotatable bonds is 7. The fourth-order valence-electron chi connectivity index (χ4n) is 2.07. The van der Waals surface area contributed by atoms with Gasteiger partial charge in [-0.05, 0) is 37.8 Å². The first-order valence-corrected chi connectivity index (χ1v) is 6.98. The average molecular weight is 263 g/mol. The maximum atomic E-state index is 11.6. The van der Waals surface area contributed by atoms with Gasteiger partial charge in [0.1, 0.15) is 0 Å². The van der Waals surface area contributed by atoms with Crippen LogP contribution in [-0.2, 0) is 9.53 Å². The van der Waals surface area contributed by atoms with Crippen molar-refractivity contribution in [1.82, 2.24) is 0 Å². The van der Waals surface area contributed by atoms with Crippen LogP contribution in [0.1, 0.15) is 39.2 Å². The minimum absolute atomic E-state index is 0.00552. The van der Waals surface area contributed by atoms with Crippen molar-refractivity contribution in [3.8, 4) is 0 Å². The molecule has 3 nitrogen and oxygen atoms in total. The summed E-state index contributed by atoms with van der Waals surface area (Å²) in [6.07, 6.45) is 1.32. The second kappa shape index (κ2) is 7.82. The highest BCUT2D eigenvalue weighted by Crippen LogP contribution is 2.13. The van der Waals surface area contributed by atoms with Gasteiger partial charge in [0.2, 0.25) is 0 Å². The van der Waals surface area contributed by atoms with Crippen LogP contribution in [0.15, 0.2) is 24.3 Å². The molecule has 0 aliphatic rings. The molecule has 0 bridgehead atoms. The molecule has 1 aromatic rings. The molecule has 0 fully saturated rings. The van der Waals surface area contributed by atoms with Crippen LogP contribution in [-0.4, -0.2) is 18.6 Å². The number of anilines is 1. The van der Waals surface area contributed by atoms with E-state index in [9.17, 15) is 4.79 Å². The highest BCUT2D eigenvalue weighted by Gasteiger charge is 2.10. The van der Waals surface area contributed by atoms with Gasteiger partial charge in [0.15, 0.2) is 0 Å². The highest BCUT2D eigenvalue weighted by molar-refractivity contribution is 5.70. The molecular formula is C16H25NO2. The van der Waals surface area contributed by atoms with E-state index in [1.807, 2.05) is 38.1 Å². The Kier molecular flexibility index (Phi) is 6.40. The first-order chi connectivity index (χ1) is 8.99. The largest absolute Gasteiger partial charge is 0.463 e. The van der Waals surface area contributed by atoms with Crippen LogP contribution in [0.3, 0.4) is 0 Å². The Morgan fingerprint density at radius 1 is 1.26 bits per heavy atom. The number of carbonyl (C=O) groups is 1. The van der Waals surface area contributed by atoms with Gasteiger partial charge in [-0.3, -0.25) is 4.79 Å². The van der Waals surface area contributed by atoms with Crippen molar-refractivity contribution in [1.29, 1.82) is 0 Å². The van der Waals surface area contributed by atoms with Crippen molar-refractivity contribution in [3.63, 3.8) is 0 Å². The Morgan fingerprint density at radius 2 is 1.95 bits per heavy atom. The zero-order chi connectivity index (χ0) is 14.3. The van der Waals surface area contributed by atoms with Gasteiger partial charge in [0.05, 0.1) is 12.5 Å². The van der Waals surface area contributed by atoms with E-state index in [-0.39, 0.29) is 12.1 Å². The Hall–Kier alpha value is -1.51. The van der Waals surface area contributed by atoms with Crippen molar-refractivity contribution in [3.05, 3.63) is 29.8 Å². The van der Waals surface area contributed by atoms with E-state index in [1.54, 1.807) is 0 Å². The summed E-state index contributed by atoms with van der Waals surface area (Å²) >= 11 is 0. The fourth-order valence-corrected chi connectivity index (χ4v) is 2.07. The number of aryl methyl sites for hydroxylation is 1. The van der Waals surface area contributed by atoms with Gasteiger partial charge >= 0.3 is 5.97 Å². The lowest BCUT2D eigenvalue weighted by Gasteiger charge is -2.15. The van der Waals surface area contributed by atoms with Crippen LogP contribution >= 0.6 is 0 Å². The zero-order valence-electron chi connectivity index (χ0n) is 12.4. The molecule has 1 aromatic carbocycles. The third kappa shape index (κ3) is 6.27. The summed E-state index contributed by atoms with van der Waals surface area (Å²) in [6.45, 7) is 8.87. The maximum Gasteiger partial charge on any atom is 0.307 e. The molecule has 19 heavy (non-hydrogen) atoms. The van der Waals surface area contributed by atoms with E-state index in [2.05, 4.69) is 19.2 Å². The number of para-hydroxylation sites is 1. The minimum atomic E-state index is -0.130. The van der Waals surface area contributed by atoms with E-state index < -0.39 is 0 Å². The van der Waals surface area contributed by atoms with Crippen molar-refractivity contribution < 1.29 is 9.53 Å². The minimum Gasteiger partial charge on any atom is -0.463 e. The van der Waals surface area contributed by atoms with E-state index in [0.717, 1.165) is 12.1 Å². The molecule has 1 N–H and O–H groups in total. The standard InChI is InChI=1S/C16H25NO2/c1-12(2)11-14(4)19-16(18)9-10-17-15-8-6-5-7-13(15)3/h5-8,12,14,17H,9-11H2,1-4H3. The molecular weight excluding hydrogens is 238 g/mol. The van der Waals surface area contributed by atoms with E-state index in [1.165, 1.54) is 5.56 Å². The molecule has 106 valence electrons. The molecule has 0 radical (unpaired) electrons. The molecule has 0 amide bonds. The first-order valence-electron chi connectivity index (χ1n) is 6.98. The lowest BCUT2D eigenvalue weighted by Crippen LogP contribution is -2.19. The summed E-state index contributed by atoms with van der Waals surface area (Å²) in [4.78, 5) is 11.6. The lowest BCUT2D eigenvalue weighted by molar-refractivity contribution is -0.148. The average Bonchev–Trinajstić information content (AvgIpc) is 2.30. The van der Waals surface area contributed by atoms with Crippen LogP contribution < -0.4 is 5.32 Å². The van der Waals surface area contributed by atoms with Crippen molar-refractivity contribution in [2.75, 3.05) is 11.9 Å². The van der Waals surface area contributed by atoms with Gasteiger partial charge in [0, 0.05) is 12.2 Å². The number of ether oxygens (including phenoxy) is 1. The molecule has 3 heteroatoms. The molecule has 0 saturated carbocycles. The third-order valence-corrected chi connectivity index (χ3v) is 2.93. The molecule has 0 aliphatic carbocycles. The van der Waals surface area contributed by atoms with Crippen LogP contribution in [0.5, 0.6) is 0 Å². The first kappa shape index (κ1) is 15.5. The van der Waals surface area contributed by atoms with E-state index in [4.69, 9.17) is 4.74 Å². The maximum absolute atomic E-state index is 11.6. The van der Waals surface area contributed by atoms with Gasteiger partial charge in [-0.15, -0.1) is 0 Å². The van der Waals surface area contributed by atoms with Crippen LogP contribution in [0, 0.1) is 12.8 Å². The van der Waals surface area contributed by atoms with Gasteiger partial charge < -0.3 is 10.1 Å². The van der Waals surface area contributed by atoms with Crippen LogP contribution in [0.25, 0.3) is 0 Å². The fraction of sp³-hybridized carbons (Fsp3) is 0.562. The summed E-state index contributed by atoms with van der Waals surface area (Å²) in [5.74, 6) is 0.419. The predicted octanol–water partition coefficient (Wildman–Crippen LogP) is 3.77. The number of esters is 1. The van der Waals surface area contributed by atoms with Crippen molar-refractivity contribution in [2.45, 2.75) is 46.6 Å². The quantitative estimate of drug-likeness (QED) is 0.761. The summed E-state index contributed by atoms with van der Waals surface area (Å²) in [5, 5.41) is 3.26. The van der Waals surface area contributed by atoms with E-state index in [0.29, 0.717) is 18.9 Å². The SMILES string of the molecule is Cc1ccccc1NCCC(=O)OC(C)CC(C)C. The lowest BCUT2D eigenvalue weighted by atomic mass is 10.1. The molecule has 0 heterocycles. The Morgan fingerprint density at radius 3 is 2.58 bits per heavy atom. The summed E-state index contributed by atoms with van der Waals surface area (Å²) in [7, 11) is 0. The molecule has 0 aromatic heterocycles. The topological polar surface area (TPSA) is 38.3 Å². The number of nitrogens with one attached hydrogen (secondary N) is 1. The van der Waals surface area contributed by atoms with Gasteiger partial charge in [-0.2, -0.15) is 0 Å². The number of hydrogen-bond acceptors (Lipinski definition) is 3. The Balaban J connectivity index is 2.26. The number of hydrogen-bond donors (Lipinski definition) is 1. The predicted molar refractivity (Wildman–Crippen MR) is 79.3 cm³/mol. The molecule has 1 atom stereocenters. The smallest absolute Gasteiger partial charge is 0.307 e. The van der Waals surface area contributed by atoms with Crippen molar-refractivity contribution in [2.24, 2.45) is 5.92 Å². The monoisotopic (exact) mass is 263 g/mol. The second-order valence-corrected chi connectivity index (χ2v) is 5.42. The van der Waals surface area contributed by atoms with Gasteiger partial charge in [-0.25, -0.2) is 0 Å². The number of benzene rings is 1. The molecule has 1 unspecified atom stereocenters. The van der Waals surface area contributed by atoms with Crippen LogP contribution in [0.4, 0.5) is 5.69 Å².